The molecule has 0 aliphatic carbocycles. The third-order valence-electron chi connectivity index (χ3n) is 3.67. The van der Waals surface area contributed by atoms with Gasteiger partial charge in [0, 0.05) is 23.1 Å². The lowest BCUT2D eigenvalue weighted by atomic mass is 10.2. The number of rotatable bonds is 6. The second kappa shape index (κ2) is 8.04. The molecule has 1 aromatic heterocycles. The Kier molecular flexibility index (Phi) is 5.67. The van der Waals surface area contributed by atoms with Crippen LogP contribution in [0.2, 0.25) is 0 Å². The van der Waals surface area contributed by atoms with Crippen LogP contribution < -0.4 is 9.46 Å². The van der Waals surface area contributed by atoms with E-state index < -0.39 is 37.6 Å². The number of nitrogens with zero attached hydrogens (tertiary/aromatic N) is 1. The van der Waals surface area contributed by atoms with E-state index in [0.717, 1.165) is 17.4 Å². The Hall–Kier alpha value is -3.58. The summed E-state index contributed by atoms with van der Waals surface area (Å²) in [5.74, 6) is -2.31. The van der Waals surface area contributed by atoms with Crippen LogP contribution in [-0.2, 0) is 10.0 Å². The summed E-state index contributed by atoms with van der Waals surface area (Å²) in [7, 11) is -4.55. The van der Waals surface area contributed by atoms with E-state index in [1.807, 2.05) is 4.72 Å². The first kappa shape index (κ1) is 21.1. The van der Waals surface area contributed by atoms with Gasteiger partial charge >= 0.3 is 6.16 Å². The fourth-order valence-corrected chi connectivity index (χ4v) is 4.52. The molecule has 3 rings (SSSR count). The van der Waals surface area contributed by atoms with Gasteiger partial charge in [-0.25, -0.2) is 22.0 Å². The van der Waals surface area contributed by atoms with E-state index in [-0.39, 0.29) is 16.4 Å². The van der Waals surface area contributed by atoms with E-state index in [1.54, 1.807) is 0 Å². The number of nitrogens with one attached hydrogen (secondary N) is 1. The molecule has 2 aromatic carbocycles. The van der Waals surface area contributed by atoms with Crippen molar-refractivity contribution < 1.29 is 36.8 Å². The second-order valence-corrected chi connectivity index (χ2v) is 8.33. The zero-order valence-electron chi connectivity index (χ0n) is 14.5. The maximum atomic E-state index is 13.9. The van der Waals surface area contributed by atoms with Crippen molar-refractivity contribution in [3.8, 4) is 15.5 Å². The van der Waals surface area contributed by atoms with Crippen molar-refractivity contribution in [2.24, 2.45) is 0 Å². The number of thiophene rings is 1. The molecular formula is C17H10F2N2O7S2. The summed E-state index contributed by atoms with van der Waals surface area (Å²) in [4.78, 5) is 20.6. The van der Waals surface area contributed by atoms with Crippen LogP contribution in [-0.4, -0.2) is 24.6 Å². The molecule has 0 fully saturated rings. The molecule has 30 heavy (non-hydrogen) atoms. The predicted octanol–water partition coefficient (Wildman–Crippen LogP) is 4.46. The number of carbonyl (C=O) groups is 1. The Balaban J connectivity index is 2.00. The van der Waals surface area contributed by atoms with Crippen LogP contribution in [0.15, 0.2) is 53.4 Å². The lowest BCUT2D eigenvalue weighted by molar-refractivity contribution is -0.384. The minimum Gasteiger partial charge on any atom is -0.449 e. The van der Waals surface area contributed by atoms with Crippen LogP contribution in [0.4, 0.5) is 25.0 Å². The average Bonchev–Trinajstić information content (AvgIpc) is 3.02. The first-order valence-electron chi connectivity index (χ1n) is 7.84. The molecule has 0 saturated carbocycles. The number of nitro benzene ring substituents is 1. The molecule has 0 atom stereocenters. The van der Waals surface area contributed by atoms with Gasteiger partial charge in [-0.05, 0) is 35.9 Å². The third kappa shape index (κ3) is 4.52. The number of non-ortho nitro benzene ring substituents is 1. The van der Waals surface area contributed by atoms with Crippen molar-refractivity contribution in [1.29, 1.82) is 0 Å². The van der Waals surface area contributed by atoms with E-state index in [2.05, 4.69) is 4.74 Å². The fraction of sp³-hybridized carbons (Fsp3) is 0. The van der Waals surface area contributed by atoms with Crippen LogP contribution in [0.1, 0.15) is 0 Å². The molecule has 1 heterocycles. The van der Waals surface area contributed by atoms with Crippen molar-refractivity contribution in [2.45, 2.75) is 4.90 Å². The van der Waals surface area contributed by atoms with E-state index in [0.29, 0.717) is 22.6 Å². The molecule has 13 heteroatoms. The summed E-state index contributed by atoms with van der Waals surface area (Å²) in [6.45, 7) is 0. The highest BCUT2D eigenvalue weighted by Gasteiger charge is 2.24. The van der Waals surface area contributed by atoms with Crippen molar-refractivity contribution >= 4 is 38.9 Å². The SMILES string of the molecule is O=C(O)Oc1sc(-c2ccc([N+](=O)[O-])cc2)cc1NS(=O)(=O)c1ccc(F)cc1F. The van der Waals surface area contributed by atoms with Crippen LogP contribution in [0.3, 0.4) is 0 Å². The Morgan fingerprint density at radius 3 is 2.37 bits per heavy atom. The standard InChI is InChI=1S/C17H10F2N2O7S2/c18-10-3-6-15(12(19)7-10)30(26,27)20-13-8-14(29-16(13)28-17(22)23)9-1-4-11(5-2-9)21(24)25/h1-8,20H,(H,22,23). The number of anilines is 1. The van der Waals surface area contributed by atoms with Gasteiger partial charge in [-0.3, -0.25) is 14.8 Å². The summed E-state index contributed by atoms with van der Waals surface area (Å²) in [6, 6.07) is 8.27. The minimum absolute atomic E-state index is 0.176. The highest BCUT2D eigenvalue weighted by atomic mass is 32.2. The van der Waals surface area contributed by atoms with Gasteiger partial charge < -0.3 is 9.84 Å². The topological polar surface area (TPSA) is 136 Å². The number of benzene rings is 2. The number of hydrogen-bond donors (Lipinski definition) is 2. The molecule has 0 amide bonds. The Morgan fingerprint density at radius 1 is 1.13 bits per heavy atom. The third-order valence-corrected chi connectivity index (χ3v) is 6.13. The molecular weight excluding hydrogens is 446 g/mol. The largest absolute Gasteiger partial charge is 0.512 e. The van der Waals surface area contributed by atoms with Gasteiger partial charge in [0.1, 0.15) is 22.2 Å². The normalized spacial score (nSPS) is 11.1. The number of halogens is 2. The first-order valence-corrected chi connectivity index (χ1v) is 10.1. The highest BCUT2D eigenvalue weighted by Crippen LogP contribution is 2.42. The lowest BCUT2D eigenvalue weighted by Gasteiger charge is -2.08. The van der Waals surface area contributed by atoms with E-state index >= 15 is 0 Å². The molecule has 0 saturated heterocycles. The molecule has 0 spiro atoms. The molecule has 0 aliphatic rings. The fourth-order valence-electron chi connectivity index (χ4n) is 2.38. The predicted molar refractivity (Wildman–Crippen MR) is 102 cm³/mol. The van der Waals surface area contributed by atoms with E-state index in [9.17, 15) is 32.1 Å². The number of hydrogen-bond acceptors (Lipinski definition) is 7. The number of sulfonamides is 1. The Labute approximate surface area is 171 Å². The van der Waals surface area contributed by atoms with Gasteiger partial charge in [0.15, 0.2) is 0 Å². The van der Waals surface area contributed by atoms with E-state index in [4.69, 9.17) is 5.11 Å². The molecule has 0 radical (unpaired) electrons. The molecule has 2 N–H and O–H groups in total. The van der Waals surface area contributed by atoms with Gasteiger partial charge in [-0.2, -0.15) is 0 Å². The zero-order valence-corrected chi connectivity index (χ0v) is 16.2. The molecule has 156 valence electrons. The maximum absolute atomic E-state index is 13.9. The Bertz CT molecular complexity index is 1240. The highest BCUT2D eigenvalue weighted by molar-refractivity contribution is 7.92. The van der Waals surface area contributed by atoms with Gasteiger partial charge in [0.2, 0.25) is 5.06 Å². The first-order chi connectivity index (χ1) is 14.1. The second-order valence-electron chi connectivity index (χ2n) is 5.66. The molecule has 0 bridgehead atoms. The molecule has 9 nitrogen and oxygen atoms in total. The van der Waals surface area contributed by atoms with E-state index in [1.165, 1.54) is 30.3 Å². The summed E-state index contributed by atoms with van der Waals surface area (Å²) in [5.41, 5.74) is -0.0660. The summed E-state index contributed by atoms with van der Waals surface area (Å²) in [5, 5.41) is 19.3. The van der Waals surface area contributed by atoms with Crippen molar-refractivity contribution in [3.05, 3.63) is 70.3 Å². The summed E-state index contributed by atoms with van der Waals surface area (Å²) < 4.78 is 58.5. The smallest absolute Gasteiger partial charge is 0.449 e. The van der Waals surface area contributed by atoms with Gasteiger partial charge in [-0.15, -0.1) is 0 Å². The summed E-state index contributed by atoms with van der Waals surface area (Å²) in [6.07, 6.45) is -1.72. The maximum Gasteiger partial charge on any atom is 0.512 e. The summed E-state index contributed by atoms with van der Waals surface area (Å²) >= 11 is 0.744. The lowest BCUT2D eigenvalue weighted by Crippen LogP contribution is -2.15. The monoisotopic (exact) mass is 456 g/mol. The average molecular weight is 456 g/mol. The van der Waals surface area contributed by atoms with Crippen molar-refractivity contribution in [1.82, 2.24) is 0 Å². The number of nitro groups is 1. The van der Waals surface area contributed by atoms with Crippen LogP contribution in [0, 0.1) is 21.7 Å². The molecule has 3 aromatic rings. The van der Waals surface area contributed by atoms with Crippen molar-refractivity contribution in [3.63, 3.8) is 0 Å². The van der Waals surface area contributed by atoms with Gasteiger partial charge in [-0.1, -0.05) is 11.3 Å². The molecule has 0 unspecified atom stereocenters. The number of ether oxygens (including phenoxy) is 1. The zero-order chi connectivity index (χ0) is 22.1. The van der Waals surface area contributed by atoms with Crippen LogP contribution in [0.5, 0.6) is 5.06 Å². The Morgan fingerprint density at radius 2 is 1.80 bits per heavy atom. The quantitative estimate of drug-likeness (QED) is 0.317. The molecule has 0 aliphatic heterocycles. The van der Waals surface area contributed by atoms with Crippen LogP contribution >= 0.6 is 11.3 Å². The van der Waals surface area contributed by atoms with Crippen molar-refractivity contribution in [2.75, 3.05) is 4.72 Å². The van der Waals surface area contributed by atoms with Gasteiger partial charge in [0.25, 0.3) is 15.7 Å². The van der Waals surface area contributed by atoms with Crippen LogP contribution in [0.25, 0.3) is 10.4 Å². The minimum atomic E-state index is -4.55. The van der Waals surface area contributed by atoms with Gasteiger partial charge in [0.05, 0.1) is 4.92 Å². The number of carboxylic acid groups (broad SMARTS) is 1.